The van der Waals surface area contributed by atoms with Crippen molar-refractivity contribution in [2.45, 2.75) is 32.7 Å². The second-order valence-corrected chi connectivity index (χ2v) is 6.19. The van der Waals surface area contributed by atoms with Gasteiger partial charge in [0.1, 0.15) is 0 Å². The fourth-order valence-corrected chi connectivity index (χ4v) is 3.36. The molecule has 0 fully saturated rings. The van der Waals surface area contributed by atoms with Crippen molar-refractivity contribution in [2.75, 3.05) is 6.54 Å². The van der Waals surface area contributed by atoms with E-state index in [-0.39, 0.29) is 0 Å². The van der Waals surface area contributed by atoms with E-state index in [0.717, 1.165) is 24.4 Å². The van der Waals surface area contributed by atoms with E-state index in [1.54, 1.807) is 0 Å². The highest BCUT2D eigenvalue weighted by Crippen LogP contribution is 2.28. The molecule has 0 saturated heterocycles. The fraction of sp³-hybridized carbons (Fsp3) is 0.375. The molecule has 0 spiro atoms. The molecule has 1 atom stereocenters. The van der Waals surface area contributed by atoms with Crippen molar-refractivity contribution < 1.29 is 0 Å². The van der Waals surface area contributed by atoms with Gasteiger partial charge in [0.2, 0.25) is 0 Å². The summed E-state index contributed by atoms with van der Waals surface area (Å²) in [4.78, 5) is 1.44. The van der Waals surface area contributed by atoms with Crippen molar-refractivity contribution in [1.82, 2.24) is 5.32 Å². The van der Waals surface area contributed by atoms with Crippen molar-refractivity contribution in [3.8, 4) is 0 Å². The molecule has 0 saturated carbocycles. The standard InChI is InChI=1S/C16H20ClNS/c1-3-18-16(9-7-13-5-4-10-19-13)14-8-6-12(2)11-15(14)17/h4-6,8,10-11,16,18H,3,7,9H2,1-2H3. The summed E-state index contributed by atoms with van der Waals surface area (Å²) < 4.78 is 0. The Labute approximate surface area is 124 Å². The molecule has 1 nitrogen and oxygen atoms in total. The molecule has 0 bridgehead atoms. The number of thiophene rings is 1. The van der Waals surface area contributed by atoms with Crippen LogP contribution in [0.2, 0.25) is 5.02 Å². The van der Waals surface area contributed by atoms with Crippen LogP contribution >= 0.6 is 22.9 Å². The summed E-state index contributed by atoms with van der Waals surface area (Å²) >= 11 is 8.21. The highest BCUT2D eigenvalue weighted by Gasteiger charge is 2.14. The van der Waals surface area contributed by atoms with E-state index in [1.807, 2.05) is 17.4 Å². The normalized spacial score (nSPS) is 12.6. The summed E-state index contributed by atoms with van der Waals surface area (Å²) in [5.41, 5.74) is 2.42. The summed E-state index contributed by atoms with van der Waals surface area (Å²) in [6.45, 7) is 5.17. The first-order valence-corrected chi connectivity index (χ1v) is 7.98. The van der Waals surface area contributed by atoms with Gasteiger partial charge in [-0.15, -0.1) is 11.3 Å². The molecule has 0 amide bonds. The lowest BCUT2D eigenvalue weighted by atomic mass is 10.00. The number of halogens is 1. The van der Waals surface area contributed by atoms with E-state index < -0.39 is 0 Å². The second-order valence-electron chi connectivity index (χ2n) is 4.75. The number of aryl methyl sites for hydroxylation is 2. The highest BCUT2D eigenvalue weighted by molar-refractivity contribution is 7.09. The first-order valence-electron chi connectivity index (χ1n) is 6.72. The first kappa shape index (κ1) is 14.6. The van der Waals surface area contributed by atoms with Gasteiger partial charge in [-0.05, 0) is 54.9 Å². The van der Waals surface area contributed by atoms with Gasteiger partial charge in [-0.3, -0.25) is 0 Å². The lowest BCUT2D eigenvalue weighted by molar-refractivity contribution is 0.517. The molecule has 1 unspecified atom stereocenters. The van der Waals surface area contributed by atoms with Crippen molar-refractivity contribution in [3.05, 3.63) is 56.7 Å². The molecule has 1 aromatic heterocycles. The summed E-state index contributed by atoms with van der Waals surface area (Å²) in [6, 6.07) is 11.0. The van der Waals surface area contributed by atoms with Crippen LogP contribution in [0, 0.1) is 6.92 Å². The summed E-state index contributed by atoms with van der Waals surface area (Å²) in [5.74, 6) is 0. The minimum absolute atomic E-state index is 0.334. The van der Waals surface area contributed by atoms with Gasteiger partial charge in [0.25, 0.3) is 0 Å². The van der Waals surface area contributed by atoms with Gasteiger partial charge in [-0.25, -0.2) is 0 Å². The van der Waals surface area contributed by atoms with Crippen LogP contribution in [0.3, 0.4) is 0 Å². The third-order valence-corrected chi connectivity index (χ3v) is 4.50. The number of benzene rings is 1. The number of hydrogen-bond acceptors (Lipinski definition) is 2. The zero-order chi connectivity index (χ0) is 13.7. The van der Waals surface area contributed by atoms with E-state index in [0.29, 0.717) is 6.04 Å². The fourth-order valence-electron chi connectivity index (χ4n) is 2.27. The molecule has 0 radical (unpaired) electrons. The Morgan fingerprint density at radius 3 is 2.79 bits per heavy atom. The zero-order valence-electron chi connectivity index (χ0n) is 11.4. The lowest BCUT2D eigenvalue weighted by Crippen LogP contribution is -2.21. The van der Waals surface area contributed by atoms with Crippen LogP contribution in [0.15, 0.2) is 35.7 Å². The molecular weight excluding hydrogens is 274 g/mol. The second kappa shape index (κ2) is 7.09. The first-order chi connectivity index (χ1) is 9.20. The van der Waals surface area contributed by atoms with E-state index in [9.17, 15) is 0 Å². The van der Waals surface area contributed by atoms with Crippen LogP contribution in [-0.4, -0.2) is 6.54 Å². The van der Waals surface area contributed by atoms with Crippen LogP contribution < -0.4 is 5.32 Å². The third kappa shape index (κ3) is 4.07. The van der Waals surface area contributed by atoms with Gasteiger partial charge in [0.05, 0.1) is 0 Å². The quantitative estimate of drug-likeness (QED) is 0.791. The molecule has 0 aliphatic rings. The van der Waals surface area contributed by atoms with E-state index in [1.165, 1.54) is 16.0 Å². The van der Waals surface area contributed by atoms with Crippen molar-refractivity contribution >= 4 is 22.9 Å². The molecule has 3 heteroatoms. The average Bonchev–Trinajstić information content (AvgIpc) is 2.88. The number of rotatable bonds is 6. The molecular formula is C16H20ClNS. The maximum Gasteiger partial charge on any atom is 0.0456 e. The number of nitrogens with one attached hydrogen (secondary N) is 1. The molecule has 1 heterocycles. The smallest absolute Gasteiger partial charge is 0.0456 e. The molecule has 0 aliphatic heterocycles. The van der Waals surface area contributed by atoms with Gasteiger partial charge >= 0.3 is 0 Å². The third-order valence-electron chi connectivity index (χ3n) is 3.24. The van der Waals surface area contributed by atoms with Crippen LogP contribution in [0.25, 0.3) is 0 Å². The Morgan fingerprint density at radius 1 is 1.32 bits per heavy atom. The predicted molar refractivity (Wildman–Crippen MR) is 85.2 cm³/mol. The summed E-state index contributed by atoms with van der Waals surface area (Å²) in [7, 11) is 0. The molecule has 0 aliphatic carbocycles. The van der Waals surface area contributed by atoms with Crippen LogP contribution in [0.4, 0.5) is 0 Å². The zero-order valence-corrected chi connectivity index (χ0v) is 13.0. The SMILES string of the molecule is CCNC(CCc1cccs1)c1ccc(C)cc1Cl. The van der Waals surface area contributed by atoms with Crippen molar-refractivity contribution in [2.24, 2.45) is 0 Å². The Hall–Kier alpha value is -0.830. The molecule has 1 N–H and O–H groups in total. The van der Waals surface area contributed by atoms with Gasteiger partial charge in [-0.2, -0.15) is 0 Å². The Morgan fingerprint density at radius 2 is 2.16 bits per heavy atom. The molecule has 2 aromatic rings. The van der Waals surface area contributed by atoms with Crippen LogP contribution in [0.5, 0.6) is 0 Å². The molecule has 102 valence electrons. The maximum atomic E-state index is 6.38. The Kier molecular flexibility index (Phi) is 5.44. The van der Waals surface area contributed by atoms with Gasteiger partial charge in [-0.1, -0.05) is 36.7 Å². The maximum absolute atomic E-state index is 6.38. The van der Waals surface area contributed by atoms with Crippen LogP contribution in [-0.2, 0) is 6.42 Å². The van der Waals surface area contributed by atoms with Crippen molar-refractivity contribution in [3.63, 3.8) is 0 Å². The molecule has 19 heavy (non-hydrogen) atoms. The average molecular weight is 294 g/mol. The Balaban J connectivity index is 2.10. The monoisotopic (exact) mass is 293 g/mol. The van der Waals surface area contributed by atoms with Crippen molar-refractivity contribution in [1.29, 1.82) is 0 Å². The predicted octanol–water partition coefficient (Wildman–Crippen LogP) is 4.99. The van der Waals surface area contributed by atoms with E-state index >= 15 is 0 Å². The summed E-state index contributed by atoms with van der Waals surface area (Å²) in [6.07, 6.45) is 2.18. The Bertz CT molecular complexity index is 507. The van der Waals surface area contributed by atoms with Crippen LogP contribution in [0.1, 0.15) is 35.4 Å². The molecule has 1 aromatic carbocycles. The topological polar surface area (TPSA) is 12.0 Å². The highest BCUT2D eigenvalue weighted by atomic mass is 35.5. The summed E-state index contributed by atoms with van der Waals surface area (Å²) in [5, 5.41) is 6.55. The minimum Gasteiger partial charge on any atom is -0.310 e. The minimum atomic E-state index is 0.334. The number of hydrogen-bond donors (Lipinski definition) is 1. The van der Waals surface area contributed by atoms with E-state index in [2.05, 4.69) is 48.8 Å². The van der Waals surface area contributed by atoms with Gasteiger partial charge in [0, 0.05) is 15.9 Å². The lowest BCUT2D eigenvalue weighted by Gasteiger charge is -2.19. The largest absolute Gasteiger partial charge is 0.310 e. The van der Waals surface area contributed by atoms with Gasteiger partial charge < -0.3 is 5.32 Å². The van der Waals surface area contributed by atoms with Gasteiger partial charge in [0.15, 0.2) is 0 Å². The van der Waals surface area contributed by atoms with E-state index in [4.69, 9.17) is 11.6 Å². The molecule has 2 rings (SSSR count).